The maximum atomic E-state index is 12.8. The van der Waals surface area contributed by atoms with E-state index >= 15 is 0 Å². The number of ether oxygens (including phenoxy) is 1. The van der Waals surface area contributed by atoms with Crippen molar-refractivity contribution in [1.29, 1.82) is 0 Å². The van der Waals surface area contributed by atoms with E-state index in [0.29, 0.717) is 5.02 Å². The molecule has 1 saturated heterocycles. The van der Waals surface area contributed by atoms with Crippen LogP contribution in [0, 0.1) is 0 Å². The van der Waals surface area contributed by atoms with Crippen LogP contribution in [0.15, 0.2) is 30.7 Å². The maximum Gasteiger partial charge on any atom is 0.412 e. The summed E-state index contributed by atoms with van der Waals surface area (Å²) in [5.41, 5.74) is 0.120. The number of nitrogens with one attached hydrogen (secondary N) is 1. The monoisotopic (exact) mass is 402 g/mol. The summed E-state index contributed by atoms with van der Waals surface area (Å²) >= 11 is 5.84. The third kappa shape index (κ3) is 3.11. The molecule has 2 aliphatic rings. The first-order valence-electron chi connectivity index (χ1n) is 7.98. The first kappa shape index (κ1) is 17.8. The first-order chi connectivity index (χ1) is 13.4. The number of carbonyl (C=O) groups excluding carboxylic acids is 4. The third-order valence-electron chi connectivity index (χ3n) is 3.99. The van der Waals surface area contributed by atoms with E-state index < -0.39 is 30.0 Å². The van der Waals surface area contributed by atoms with Crippen LogP contribution < -0.4 is 10.2 Å². The van der Waals surface area contributed by atoms with Crippen molar-refractivity contribution in [2.24, 2.45) is 0 Å². The number of anilines is 1. The van der Waals surface area contributed by atoms with Crippen molar-refractivity contribution in [3.63, 3.8) is 0 Å². The van der Waals surface area contributed by atoms with Crippen molar-refractivity contribution in [1.82, 2.24) is 25.2 Å². The van der Waals surface area contributed by atoms with Gasteiger partial charge in [-0.25, -0.2) is 19.7 Å². The SMILES string of the molecule is O=C1CN(C(=O)O[C@@H]2c3nccnc3C(=O)N2c2ccc(Cl)cn2)CC(=O)N1. The van der Waals surface area contributed by atoms with E-state index in [1.165, 1.54) is 30.7 Å². The van der Waals surface area contributed by atoms with Crippen molar-refractivity contribution < 1.29 is 23.9 Å². The van der Waals surface area contributed by atoms with E-state index in [4.69, 9.17) is 16.3 Å². The Bertz CT molecular complexity index is 981. The fraction of sp³-hybridized carbons (Fsp3) is 0.188. The van der Waals surface area contributed by atoms with Crippen molar-refractivity contribution in [3.05, 3.63) is 47.1 Å². The highest BCUT2D eigenvalue weighted by Crippen LogP contribution is 2.35. The first-order valence-corrected chi connectivity index (χ1v) is 8.36. The molecule has 1 N–H and O–H groups in total. The van der Waals surface area contributed by atoms with Gasteiger partial charge in [-0.1, -0.05) is 11.6 Å². The van der Waals surface area contributed by atoms with Gasteiger partial charge in [0.05, 0.1) is 5.02 Å². The van der Waals surface area contributed by atoms with Crippen LogP contribution in [0.1, 0.15) is 22.4 Å². The summed E-state index contributed by atoms with van der Waals surface area (Å²) in [4.78, 5) is 62.5. The van der Waals surface area contributed by atoms with Crippen molar-refractivity contribution in [3.8, 4) is 0 Å². The Balaban J connectivity index is 1.66. The summed E-state index contributed by atoms with van der Waals surface area (Å²) in [5, 5.41) is 2.44. The average Bonchev–Trinajstić information content (AvgIpc) is 2.94. The number of piperazine rings is 1. The van der Waals surface area contributed by atoms with Crippen LogP contribution in [0.5, 0.6) is 0 Å². The van der Waals surface area contributed by atoms with Gasteiger partial charge in [0.15, 0.2) is 5.69 Å². The second-order valence-electron chi connectivity index (χ2n) is 5.86. The van der Waals surface area contributed by atoms with E-state index in [-0.39, 0.29) is 30.3 Å². The molecule has 2 aromatic heterocycles. The van der Waals surface area contributed by atoms with Gasteiger partial charge in [0.2, 0.25) is 18.0 Å². The summed E-state index contributed by atoms with van der Waals surface area (Å²) in [7, 11) is 0. The molecular weight excluding hydrogens is 392 g/mol. The standard InChI is InChI=1S/C16H11ClN6O5/c17-8-1-2-9(20-5-8)23-14(26)12-13(19-4-3-18-12)15(23)28-16(27)22-6-10(24)21-11(25)7-22/h1-5,15H,6-7H2,(H,21,24,25)/t15-/m1/s1. The molecule has 1 fully saturated rings. The minimum absolute atomic E-state index is 0.00418. The Morgan fingerprint density at radius 1 is 1.11 bits per heavy atom. The second-order valence-corrected chi connectivity index (χ2v) is 6.30. The van der Waals surface area contributed by atoms with E-state index in [1.54, 1.807) is 0 Å². The molecule has 0 unspecified atom stereocenters. The van der Waals surface area contributed by atoms with Crippen LogP contribution in [-0.4, -0.2) is 56.8 Å². The molecule has 11 nitrogen and oxygen atoms in total. The van der Waals surface area contributed by atoms with Gasteiger partial charge in [-0.2, -0.15) is 0 Å². The zero-order valence-electron chi connectivity index (χ0n) is 14.0. The van der Waals surface area contributed by atoms with E-state index in [2.05, 4.69) is 20.3 Å². The van der Waals surface area contributed by atoms with E-state index in [1.807, 2.05) is 0 Å². The number of rotatable bonds is 2. The number of pyridine rings is 1. The van der Waals surface area contributed by atoms with Crippen molar-refractivity contribution >= 4 is 41.2 Å². The number of halogens is 1. The predicted molar refractivity (Wildman–Crippen MR) is 92.0 cm³/mol. The number of aromatic nitrogens is 3. The zero-order valence-corrected chi connectivity index (χ0v) is 14.8. The molecule has 4 rings (SSSR count). The number of imide groups is 1. The molecule has 0 radical (unpaired) electrons. The Morgan fingerprint density at radius 3 is 2.50 bits per heavy atom. The van der Waals surface area contributed by atoms with Gasteiger partial charge >= 0.3 is 6.09 Å². The predicted octanol–water partition coefficient (Wildman–Crippen LogP) is 0.279. The fourth-order valence-corrected chi connectivity index (χ4v) is 2.93. The highest BCUT2D eigenvalue weighted by molar-refractivity contribution is 6.30. The second kappa shape index (κ2) is 6.85. The van der Waals surface area contributed by atoms with E-state index in [0.717, 1.165) is 9.80 Å². The lowest BCUT2D eigenvalue weighted by molar-refractivity contribution is -0.135. The number of hydrogen-bond donors (Lipinski definition) is 1. The molecular formula is C16H11ClN6O5. The van der Waals surface area contributed by atoms with Gasteiger partial charge < -0.3 is 4.74 Å². The van der Waals surface area contributed by atoms with Gasteiger partial charge in [-0.15, -0.1) is 0 Å². The van der Waals surface area contributed by atoms with E-state index in [9.17, 15) is 19.2 Å². The van der Waals surface area contributed by atoms with Crippen LogP contribution in [0.25, 0.3) is 0 Å². The minimum Gasteiger partial charge on any atom is -0.419 e. The molecule has 0 spiro atoms. The highest BCUT2D eigenvalue weighted by atomic mass is 35.5. The summed E-state index contributed by atoms with van der Waals surface area (Å²) in [6, 6.07) is 3.00. The number of amides is 4. The molecule has 2 aliphatic heterocycles. The lowest BCUT2D eigenvalue weighted by Crippen LogP contribution is -2.53. The summed E-state index contributed by atoms with van der Waals surface area (Å²) in [6.45, 7) is -0.699. The van der Waals surface area contributed by atoms with Gasteiger partial charge in [0.1, 0.15) is 24.6 Å². The Hall–Kier alpha value is -3.60. The summed E-state index contributed by atoms with van der Waals surface area (Å²) in [5.74, 6) is -1.66. The fourth-order valence-electron chi connectivity index (χ4n) is 2.82. The van der Waals surface area contributed by atoms with Gasteiger partial charge in [0, 0.05) is 18.6 Å². The number of nitrogens with zero attached hydrogens (tertiary/aromatic N) is 5. The molecule has 1 atom stereocenters. The number of fused-ring (bicyclic) bond motifs is 1. The normalized spacial score (nSPS) is 18.8. The van der Waals surface area contributed by atoms with Crippen molar-refractivity contribution in [2.45, 2.75) is 6.23 Å². The van der Waals surface area contributed by atoms with Crippen LogP contribution in [0.2, 0.25) is 5.02 Å². The Kier molecular flexibility index (Phi) is 4.35. The average molecular weight is 403 g/mol. The molecule has 4 amide bonds. The molecule has 0 aliphatic carbocycles. The molecule has 4 heterocycles. The lowest BCUT2D eigenvalue weighted by atomic mass is 10.3. The molecule has 0 saturated carbocycles. The minimum atomic E-state index is -1.27. The van der Waals surface area contributed by atoms with Crippen LogP contribution in [0.3, 0.4) is 0 Å². The smallest absolute Gasteiger partial charge is 0.412 e. The molecule has 0 aromatic carbocycles. The largest absolute Gasteiger partial charge is 0.419 e. The third-order valence-corrected chi connectivity index (χ3v) is 4.22. The summed E-state index contributed by atoms with van der Waals surface area (Å²) < 4.78 is 5.43. The van der Waals surface area contributed by atoms with Crippen molar-refractivity contribution in [2.75, 3.05) is 18.0 Å². The number of hydrogen-bond acceptors (Lipinski definition) is 8. The van der Waals surface area contributed by atoms with Gasteiger partial charge in [-0.05, 0) is 12.1 Å². The summed E-state index contributed by atoms with van der Waals surface area (Å²) in [6.07, 6.45) is 1.79. The molecule has 142 valence electrons. The molecule has 2 aromatic rings. The molecule has 0 bridgehead atoms. The maximum absolute atomic E-state index is 12.8. The lowest BCUT2D eigenvalue weighted by Gasteiger charge is -2.28. The number of carbonyl (C=O) groups is 4. The quantitative estimate of drug-likeness (QED) is 0.707. The molecule has 12 heteroatoms. The van der Waals surface area contributed by atoms with Crippen LogP contribution in [0.4, 0.5) is 10.6 Å². The van der Waals surface area contributed by atoms with Crippen LogP contribution >= 0.6 is 11.6 Å². The Labute approximate surface area is 162 Å². The van der Waals surface area contributed by atoms with Gasteiger partial charge in [0.25, 0.3) is 5.91 Å². The Morgan fingerprint density at radius 2 is 1.82 bits per heavy atom. The molecule has 28 heavy (non-hydrogen) atoms. The highest BCUT2D eigenvalue weighted by Gasteiger charge is 2.44. The van der Waals surface area contributed by atoms with Gasteiger partial charge in [-0.3, -0.25) is 29.6 Å². The van der Waals surface area contributed by atoms with Crippen LogP contribution in [-0.2, 0) is 14.3 Å². The zero-order chi connectivity index (χ0) is 19.8. The topological polar surface area (TPSA) is 135 Å².